The fourth-order valence-electron chi connectivity index (χ4n) is 8.28. The molecule has 338 valence electrons. The van der Waals surface area contributed by atoms with Crippen LogP contribution in [-0.4, -0.2) is 105 Å². The molecule has 0 fully saturated rings. The highest BCUT2D eigenvalue weighted by Crippen LogP contribution is 2.54. The van der Waals surface area contributed by atoms with Crippen LogP contribution in [0.4, 0.5) is 11.4 Å². The number of unbranched alkanes of at least 4 members (excludes halogenated alkanes) is 2. The molecular formula is C36H41N2O17S7+. The van der Waals surface area contributed by atoms with Crippen LogP contribution in [0.2, 0.25) is 0 Å². The topological polar surface area (TPSA) is 315 Å². The molecule has 6 rings (SSSR count). The predicted octanol–water partition coefficient (Wildman–Crippen LogP) is 5.64. The number of nitrogens with zero attached hydrogens (tertiary/aromatic N) is 2. The lowest BCUT2D eigenvalue weighted by Gasteiger charge is -2.27. The lowest BCUT2D eigenvalue weighted by atomic mass is 9.79. The Labute approximate surface area is 365 Å². The van der Waals surface area contributed by atoms with Crippen LogP contribution in [0.25, 0.3) is 20.2 Å². The summed E-state index contributed by atoms with van der Waals surface area (Å²) < 4.78 is 174. The van der Waals surface area contributed by atoms with Gasteiger partial charge in [-0.2, -0.15) is 46.7 Å². The van der Waals surface area contributed by atoms with Gasteiger partial charge in [-0.3, -0.25) is 27.6 Å². The van der Waals surface area contributed by atoms with Gasteiger partial charge in [0.25, 0.3) is 30.4 Å². The molecule has 6 N–H and O–H groups in total. The van der Waals surface area contributed by atoms with Crippen LogP contribution in [0.15, 0.2) is 66.4 Å². The Morgan fingerprint density at radius 2 is 1.23 bits per heavy atom. The molecule has 62 heavy (non-hydrogen) atoms. The number of aliphatic carboxylic acids is 1. The van der Waals surface area contributed by atoms with Crippen LogP contribution < -0.4 is 4.90 Å². The first-order chi connectivity index (χ1) is 28.3. The summed E-state index contributed by atoms with van der Waals surface area (Å²) in [6.45, 7) is 7.01. The van der Waals surface area contributed by atoms with Crippen LogP contribution >= 0.6 is 22.7 Å². The van der Waals surface area contributed by atoms with Crippen molar-refractivity contribution in [3.05, 3.63) is 59.3 Å². The molecule has 0 amide bonds. The molecule has 2 aromatic carbocycles. The van der Waals surface area contributed by atoms with Crippen molar-refractivity contribution >= 4 is 116 Å². The molecule has 0 saturated heterocycles. The molecule has 0 unspecified atom stereocenters. The van der Waals surface area contributed by atoms with E-state index in [4.69, 9.17) is 5.11 Å². The van der Waals surface area contributed by atoms with Gasteiger partial charge in [0.2, 0.25) is 5.69 Å². The van der Waals surface area contributed by atoms with Crippen molar-refractivity contribution in [1.82, 2.24) is 0 Å². The van der Waals surface area contributed by atoms with Crippen molar-refractivity contribution in [2.45, 2.75) is 88.8 Å². The molecule has 4 aromatic rings. The van der Waals surface area contributed by atoms with E-state index in [2.05, 4.69) is 0 Å². The molecule has 19 nitrogen and oxygen atoms in total. The van der Waals surface area contributed by atoms with Crippen molar-refractivity contribution in [2.75, 3.05) is 23.7 Å². The maximum atomic E-state index is 12.8. The first kappa shape index (κ1) is 47.8. The van der Waals surface area contributed by atoms with E-state index in [1.807, 2.05) is 0 Å². The van der Waals surface area contributed by atoms with Crippen molar-refractivity contribution in [3.63, 3.8) is 0 Å². The van der Waals surface area contributed by atoms with Crippen molar-refractivity contribution in [1.29, 1.82) is 0 Å². The van der Waals surface area contributed by atoms with Gasteiger partial charge in [0.15, 0.2) is 5.71 Å². The van der Waals surface area contributed by atoms with E-state index in [0.29, 0.717) is 64.5 Å². The van der Waals surface area contributed by atoms with Gasteiger partial charge in [0.05, 0.1) is 20.6 Å². The Balaban J connectivity index is 1.58. The number of carbonyl (C=O) groups is 1. The van der Waals surface area contributed by atoms with E-state index >= 15 is 0 Å². The number of anilines is 1. The van der Waals surface area contributed by atoms with E-state index in [0.717, 1.165) is 18.2 Å². The summed E-state index contributed by atoms with van der Waals surface area (Å²) in [5.41, 5.74) is -0.100. The summed E-state index contributed by atoms with van der Waals surface area (Å²) >= 11 is 0.864. The van der Waals surface area contributed by atoms with Crippen molar-refractivity contribution in [2.24, 2.45) is 0 Å². The van der Waals surface area contributed by atoms with E-state index < -0.39 is 91.4 Å². The van der Waals surface area contributed by atoms with Crippen molar-refractivity contribution in [3.8, 4) is 0 Å². The Morgan fingerprint density at radius 1 is 0.694 bits per heavy atom. The number of carboxylic acid groups (broad SMARTS) is 1. The number of thiophene rings is 2. The number of rotatable bonds is 16. The normalized spacial score (nSPS) is 17.6. The molecule has 0 bridgehead atoms. The first-order valence-corrected chi connectivity index (χ1v) is 27.4. The fourth-order valence-corrected chi connectivity index (χ4v) is 14.4. The number of benzene rings is 2. The highest BCUT2D eigenvalue weighted by Gasteiger charge is 2.48. The first-order valence-electron chi connectivity index (χ1n) is 18.4. The highest BCUT2D eigenvalue weighted by atomic mass is 32.3. The molecule has 0 aliphatic carbocycles. The second-order valence-corrected chi connectivity index (χ2v) is 25.5. The summed E-state index contributed by atoms with van der Waals surface area (Å²) in [7, 11) is -24.2. The summed E-state index contributed by atoms with van der Waals surface area (Å²) in [4.78, 5) is 11.7. The summed E-state index contributed by atoms with van der Waals surface area (Å²) in [5.74, 6) is -1.69. The van der Waals surface area contributed by atoms with Gasteiger partial charge in [-0.1, -0.05) is 26.3 Å². The molecule has 0 spiro atoms. The van der Waals surface area contributed by atoms with E-state index in [1.165, 1.54) is 6.07 Å². The average molecular weight is 998 g/mol. The number of hydrogen-bond donors (Lipinski definition) is 6. The maximum Gasteiger partial charge on any atom is 0.304 e. The van der Waals surface area contributed by atoms with Gasteiger partial charge in [-0.25, -0.2) is 0 Å². The third-order valence-corrected chi connectivity index (χ3v) is 18.5. The van der Waals surface area contributed by atoms with Crippen LogP contribution in [0.1, 0.15) is 70.9 Å². The highest BCUT2D eigenvalue weighted by molar-refractivity contribution is 7.89. The lowest BCUT2D eigenvalue weighted by molar-refractivity contribution is -0.437. The molecule has 26 heteroatoms. The SMILES string of the molecule is CC1(C)C(/C=C/C=C2/N(CCCCCC(=O)O)c3cc(S(=O)(=O)O)c4sc(S(=O)(=O)O)cc4c3C2(C)C)=[N+](CCCS(=O)(=O)O)c2cc(S(=O)(=O)O)c3sc(S(=O)(=O)O)cc3c21. The van der Waals surface area contributed by atoms with Gasteiger partial charge in [-0.05, 0) is 56.5 Å². The summed E-state index contributed by atoms with van der Waals surface area (Å²) in [5, 5.41) is 9.34. The van der Waals surface area contributed by atoms with E-state index in [-0.39, 0.29) is 57.5 Å². The van der Waals surface area contributed by atoms with Gasteiger partial charge < -0.3 is 10.0 Å². The standard InChI is InChI=1S/C36H40N2O17S7/c1-35(2)26(37(13-7-5-6-12-28(39)40)22-18-24(59(44,45)46)33-20(31(22)35)16-29(56-33)61(50,51)52)10-8-11-27-36(3,4)32-21-17-30(62(53,54)55)57-34(21)25(60(47,48)49)19-23(32)38(27)14-9-15-58(41,42)43/h8,10-11,16-19H,5-7,9,12-15H2,1-4H3,(H5-,39,40,41,42,43,44,45,46,47,48,49,50,51,52,53,54,55)/p+1. The average Bonchev–Trinajstić information content (AvgIpc) is 3.83. The molecule has 2 aromatic heterocycles. The second kappa shape index (κ2) is 16.1. The fraction of sp³-hybridized carbons (Fsp3) is 0.389. The van der Waals surface area contributed by atoms with Crippen LogP contribution in [0.3, 0.4) is 0 Å². The minimum absolute atomic E-state index is 0.0550. The second-order valence-electron chi connectivity index (χ2n) is 15.7. The molecule has 0 saturated carbocycles. The largest absolute Gasteiger partial charge is 0.481 e. The third kappa shape index (κ3) is 9.14. The van der Waals surface area contributed by atoms with Gasteiger partial charge in [-0.15, -0.1) is 22.7 Å². The summed E-state index contributed by atoms with van der Waals surface area (Å²) in [6.07, 6.45) is 5.71. The maximum absolute atomic E-state index is 12.8. The Morgan fingerprint density at radius 3 is 1.73 bits per heavy atom. The van der Waals surface area contributed by atoms with Gasteiger partial charge >= 0.3 is 26.2 Å². The molecule has 2 aliphatic rings. The van der Waals surface area contributed by atoms with E-state index in [1.54, 1.807) is 55.4 Å². The zero-order valence-electron chi connectivity index (χ0n) is 33.1. The van der Waals surface area contributed by atoms with Gasteiger partial charge in [0.1, 0.15) is 24.8 Å². The lowest BCUT2D eigenvalue weighted by Crippen LogP contribution is -2.29. The molecule has 2 aliphatic heterocycles. The smallest absolute Gasteiger partial charge is 0.304 e. The van der Waals surface area contributed by atoms with Crippen molar-refractivity contribution < 1.29 is 79.3 Å². The molecule has 0 atom stereocenters. The van der Waals surface area contributed by atoms with Crippen LogP contribution in [-0.2, 0) is 66.2 Å². The molecule has 4 heterocycles. The minimum atomic E-state index is -5.03. The Kier molecular flexibility index (Phi) is 12.4. The zero-order chi connectivity index (χ0) is 46.3. The number of fused-ring (bicyclic) bond motifs is 6. The number of carboxylic acids is 1. The number of hydrogen-bond acceptors (Lipinski definition) is 14. The Bertz CT molecular complexity index is 3250. The monoisotopic (exact) mass is 997 g/mol. The van der Waals surface area contributed by atoms with Gasteiger partial charge in [0, 0.05) is 64.7 Å². The summed E-state index contributed by atoms with van der Waals surface area (Å²) in [6, 6.07) is 4.49. The quantitative estimate of drug-likeness (QED) is 0.0449. The predicted molar refractivity (Wildman–Crippen MR) is 230 cm³/mol. The van der Waals surface area contributed by atoms with Crippen LogP contribution in [0.5, 0.6) is 0 Å². The molecule has 0 radical (unpaired) electrons. The number of allylic oxidation sites excluding steroid dienone is 4. The third-order valence-electron chi connectivity index (χ3n) is 10.8. The minimum Gasteiger partial charge on any atom is -0.481 e. The van der Waals surface area contributed by atoms with E-state index in [9.17, 15) is 69.6 Å². The Hall–Kier alpha value is -3.67. The zero-order valence-corrected chi connectivity index (χ0v) is 38.8. The molecular weight excluding hydrogens is 957 g/mol. The van der Waals surface area contributed by atoms with Crippen LogP contribution in [0, 0.1) is 0 Å².